The molecule has 0 aliphatic heterocycles. The molecule has 3 aromatic rings. The molecule has 120 valence electrons. The summed E-state index contributed by atoms with van der Waals surface area (Å²) >= 11 is 1.57. The highest BCUT2D eigenvalue weighted by molar-refractivity contribution is 7.15. The van der Waals surface area contributed by atoms with E-state index in [0.29, 0.717) is 6.54 Å². The molecule has 0 aliphatic carbocycles. The number of aromatic nitrogens is 3. The summed E-state index contributed by atoms with van der Waals surface area (Å²) in [6.45, 7) is 2.41. The molecule has 0 saturated heterocycles. The first-order valence-electron chi connectivity index (χ1n) is 7.45. The van der Waals surface area contributed by atoms with Gasteiger partial charge in [-0.05, 0) is 36.8 Å². The summed E-state index contributed by atoms with van der Waals surface area (Å²) in [6, 6.07) is 7.59. The topological polar surface area (TPSA) is 67.8 Å². The summed E-state index contributed by atoms with van der Waals surface area (Å²) in [6.07, 6.45) is 10.2. The number of amides is 1. The number of carbonyl (C=O) groups is 1. The summed E-state index contributed by atoms with van der Waals surface area (Å²) in [5.74, 6) is -0.144. The van der Waals surface area contributed by atoms with Crippen molar-refractivity contribution in [2.45, 2.75) is 13.5 Å². The maximum absolute atomic E-state index is 11.9. The van der Waals surface area contributed by atoms with Crippen LogP contribution in [0.15, 0.2) is 55.1 Å². The molecule has 0 saturated carbocycles. The monoisotopic (exact) mass is 336 g/mol. The Labute approximate surface area is 144 Å². The van der Waals surface area contributed by atoms with Crippen molar-refractivity contribution >= 4 is 23.3 Å². The molecule has 0 fully saturated rings. The molecule has 0 unspecified atom stereocenters. The number of carbonyl (C=O) groups excluding carboxylic acids is 1. The van der Waals surface area contributed by atoms with Gasteiger partial charge in [-0.25, -0.2) is 4.98 Å². The van der Waals surface area contributed by atoms with Gasteiger partial charge in [0.2, 0.25) is 5.91 Å². The van der Waals surface area contributed by atoms with Crippen molar-refractivity contribution in [1.29, 1.82) is 0 Å². The number of rotatable bonds is 5. The molecule has 5 nitrogen and oxygen atoms in total. The van der Waals surface area contributed by atoms with Crippen LogP contribution in [0.1, 0.15) is 16.1 Å². The lowest BCUT2D eigenvalue weighted by Gasteiger charge is -2.00. The van der Waals surface area contributed by atoms with E-state index in [1.165, 1.54) is 6.08 Å². The van der Waals surface area contributed by atoms with E-state index in [1.807, 2.05) is 31.2 Å². The third-order valence-electron chi connectivity index (χ3n) is 3.34. The van der Waals surface area contributed by atoms with Crippen LogP contribution >= 0.6 is 11.3 Å². The standard InChI is InChI=1S/C18H16N4OS/c1-13-16(24-18(22-13)15-5-3-9-20-11-15)12-21-17(23)7-6-14-4-2-8-19-10-14/h2-11H,12H2,1H3,(H,21,23)/b7-6+. The lowest BCUT2D eigenvalue weighted by atomic mass is 10.2. The van der Waals surface area contributed by atoms with Crippen molar-refractivity contribution in [3.05, 3.63) is 71.3 Å². The van der Waals surface area contributed by atoms with E-state index in [4.69, 9.17) is 0 Å². The van der Waals surface area contributed by atoms with Crippen LogP contribution in [0.25, 0.3) is 16.6 Å². The van der Waals surface area contributed by atoms with E-state index in [2.05, 4.69) is 20.3 Å². The molecule has 0 radical (unpaired) electrons. The lowest BCUT2D eigenvalue weighted by molar-refractivity contribution is -0.116. The van der Waals surface area contributed by atoms with E-state index >= 15 is 0 Å². The highest BCUT2D eigenvalue weighted by Gasteiger charge is 2.10. The SMILES string of the molecule is Cc1nc(-c2cccnc2)sc1CNC(=O)/C=C/c1cccnc1. The van der Waals surface area contributed by atoms with Crippen LogP contribution in [0.2, 0.25) is 0 Å². The van der Waals surface area contributed by atoms with Crippen LogP contribution in [0, 0.1) is 6.92 Å². The summed E-state index contributed by atoms with van der Waals surface area (Å²) in [7, 11) is 0. The van der Waals surface area contributed by atoms with Crippen molar-refractivity contribution in [2.24, 2.45) is 0 Å². The smallest absolute Gasteiger partial charge is 0.244 e. The van der Waals surface area contributed by atoms with Crippen LogP contribution < -0.4 is 5.32 Å². The van der Waals surface area contributed by atoms with E-state index in [1.54, 1.807) is 42.2 Å². The van der Waals surface area contributed by atoms with Crippen molar-refractivity contribution in [3.63, 3.8) is 0 Å². The van der Waals surface area contributed by atoms with Crippen molar-refractivity contribution in [2.75, 3.05) is 0 Å². The number of hydrogen-bond acceptors (Lipinski definition) is 5. The van der Waals surface area contributed by atoms with Gasteiger partial charge in [-0.15, -0.1) is 11.3 Å². The first-order valence-corrected chi connectivity index (χ1v) is 8.26. The molecule has 0 atom stereocenters. The second kappa shape index (κ2) is 7.61. The average molecular weight is 336 g/mol. The Hall–Kier alpha value is -2.86. The van der Waals surface area contributed by atoms with Crippen molar-refractivity contribution in [1.82, 2.24) is 20.3 Å². The molecule has 1 amide bonds. The summed E-state index contributed by atoms with van der Waals surface area (Å²) in [5, 5.41) is 3.80. The predicted octanol–water partition coefficient (Wildman–Crippen LogP) is 3.24. The van der Waals surface area contributed by atoms with Gasteiger partial charge in [0.25, 0.3) is 0 Å². The Morgan fingerprint density at radius 1 is 1.21 bits per heavy atom. The zero-order valence-electron chi connectivity index (χ0n) is 13.1. The van der Waals surface area contributed by atoms with Gasteiger partial charge in [0.1, 0.15) is 5.01 Å². The fraction of sp³-hybridized carbons (Fsp3) is 0.111. The van der Waals surface area contributed by atoms with Gasteiger partial charge >= 0.3 is 0 Å². The zero-order valence-corrected chi connectivity index (χ0v) is 14.0. The Morgan fingerprint density at radius 2 is 2.00 bits per heavy atom. The quantitative estimate of drug-likeness (QED) is 0.726. The summed E-state index contributed by atoms with van der Waals surface area (Å²) < 4.78 is 0. The van der Waals surface area contributed by atoms with Crippen molar-refractivity contribution in [3.8, 4) is 10.6 Å². The van der Waals surface area contributed by atoms with Gasteiger partial charge in [0.05, 0.1) is 12.2 Å². The van der Waals surface area contributed by atoms with Crippen LogP contribution in [0.4, 0.5) is 0 Å². The number of aryl methyl sites for hydroxylation is 1. The van der Waals surface area contributed by atoms with Gasteiger partial charge in [-0.1, -0.05) is 6.07 Å². The maximum atomic E-state index is 11.9. The lowest BCUT2D eigenvalue weighted by Crippen LogP contribution is -2.20. The van der Waals surface area contributed by atoms with Crippen LogP contribution in [-0.2, 0) is 11.3 Å². The largest absolute Gasteiger partial charge is 0.348 e. The molecule has 24 heavy (non-hydrogen) atoms. The van der Waals surface area contributed by atoms with Gasteiger partial charge in [-0.3, -0.25) is 14.8 Å². The molecule has 3 aromatic heterocycles. The minimum absolute atomic E-state index is 0.144. The molecular formula is C18H16N4OS. The first kappa shape index (κ1) is 16.0. The average Bonchev–Trinajstić information content (AvgIpc) is 3.01. The fourth-order valence-corrected chi connectivity index (χ4v) is 3.07. The molecule has 1 N–H and O–H groups in total. The van der Waals surface area contributed by atoms with E-state index in [0.717, 1.165) is 26.7 Å². The van der Waals surface area contributed by atoms with E-state index < -0.39 is 0 Å². The second-order valence-electron chi connectivity index (χ2n) is 5.11. The molecule has 0 spiro atoms. The van der Waals surface area contributed by atoms with Crippen LogP contribution in [0.5, 0.6) is 0 Å². The van der Waals surface area contributed by atoms with Gasteiger partial charge in [0.15, 0.2) is 0 Å². The number of hydrogen-bond donors (Lipinski definition) is 1. The van der Waals surface area contributed by atoms with Gasteiger partial charge in [0, 0.05) is 41.3 Å². The normalized spacial score (nSPS) is 10.9. The summed E-state index contributed by atoms with van der Waals surface area (Å²) in [4.78, 5) is 25.6. The van der Waals surface area contributed by atoms with Gasteiger partial charge in [-0.2, -0.15) is 0 Å². The van der Waals surface area contributed by atoms with E-state index in [-0.39, 0.29) is 5.91 Å². The number of nitrogens with one attached hydrogen (secondary N) is 1. The molecule has 3 heterocycles. The molecular weight excluding hydrogens is 320 g/mol. The molecule has 0 aliphatic rings. The molecule has 0 bridgehead atoms. The second-order valence-corrected chi connectivity index (χ2v) is 6.19. The first-order chi connectivity index (χ1) is 11.7. The maximum Gasteiger partial charge on any atom is 0.244 e. The van der Waals surface area contributed by atoms with Crippen LogP contribution in [0.3, 0.4) is 0 Å². The number of pyridine rings is 2. The number of thiazole rings is 1. The minimum atomic E-state index is -0.144. The Bertz CT molecular complexity index is 844. The Morgan fingerprint density at radius 3 is 2.71 bits per heavy atom. The Balaban J connectivity index is 1.62. The van der Waals surface area contributed by atoms with E-state index in [9.17, 15) is 4.79 Å². The third kappa shape index (κ3) is 4.11. The minimum Gasteiger partial charge on any atom is -0.348 e. The van der Waals surface area contributed by atoms with Gasteiger partial charge < -0.3 is 5.32 Å². The molecule has 3 rings (SSSR count). The predicted molar refractivity (Wildman–Crippen MR) is 95.2 cm³/mol. The zero-order chi connectivity index (χ0) is 16.8. The third-order valence-corrected chi connectivity index (χ3v) is 4.54. The summed E-state index contributed by atoms with van der Waals surface area (Å²) in [5.41, 5.74) is 2.80. The molecule has 6 heteroatoms. The Kier molecular flexibility index (Phi) is 5.08. The highest BCUT2D eigenvalue weighted by Crippen LogP contribution is 2.27. The van der Waals surface area contributed by atoms with Crippen LogP contribution in [-0.4, -0.2) is 20.9 Å². The highest BCUT2D eigenvalue weighted by atomic mass is 32.1. The molecule has 0 aromatic carbocycles. The number of nitrogens with zero attached hydrogens (tertiary/aromatic N) is 3. The van der Waals surface area contributed by atoms with Crippen molar-refractivity contribution < 1.29 is 4.79 Å². The fourth-order valence-electron chi connectivity index (χ4n) is 2.08.